The van der Waals surface area contributed by atoms with E-state index in [0.717, 1.165) is 11.3 Å². The largest absolute Gasteiger partial charge is 0.497 e. The molecule has 0 heterocycles. The van der Waals surface area contributed by atoms with Gasteiger partial charge in [-0.25, -0.2) is 0 Å². The van der Waals surface area contributed by atoms with Crippen molar-refractivity contribution in [3.05, 3.63) is 71.3 Å². The molecule has 0 N–H and O–H groups in total. The molecule has 96 valence electrons. The summed E-state index contributed by atoms with van der Waals surface area (Å²) >= 11 is 0. The monoisotopic (exact) mass is 252 g/mol. The summed E-state index contributed by atoms with van der Waals surface area (Å²) in [7, 11) is 1.61. The van der Waals surface area contributed by atoms with Gasteiger partial charge in [-0.3, -0.25) is 4.79 Å². The number of hydrogen-bond acceptors (Lipinski definition) is 2. The summed E-state index contributed by atoms with van der Waals surface area (Å²) in [6, 6.07) is 15.1. The molecule has 0 aliphatic rings. The molecule has 0 unspecified atom stereocenters. The molecule has 0 atom stereocenters. The lowest BCUT2D eigenvalue weighted by molar-refractivity contribution is 0.104. The number of aryl methyl sites for hydroxylation is 1. The molecule has 0 amide bonds. The normalized spacial score (nSPS) is 10.6. The molecule has 2 nitrogen and oxygen atoms in total. The van der Waals surface area contributed by atoms with Crippen LogP contribution < -0.4 is 4.74 Å². The van der Waals surface area contributed by atoms with Crippen molar-refractivity contribution in [3.63, 3.8) is 0 Å². The fraction of sp³-hybridized carbons (Fsp3) is 0.118. The van der Waals surface area contributed by atoms with Gasteiger partial charge in [-0.05, 0) is 42.8 Å². The van der Waals surface area contributed by atoms with Crippen LogP contribution in [0.4, 0.5) is 0 Å². The minimum atomic E-state index is -0.0109. The van der Waals surface area contributed by atoms with Gasteiger partial charge < -0.3 is 4.74 Å². The van der Waals surface area contributed by atoms with Crippen molar-refractivity contribution in [3.8, 4) is 5.75 Å². The zero-order valence-corrected chi connectivity index (χ0v) is 11.1. The standard InChI is InChI=1S/C17H16O2/c1-13-3-5-14(6-4-13)7-12-17(18)15-8-10-16(19-2)11-9-15/h3-12H,1-2H3/b12-7+. The second-order valence-corrected chi connectivity index (χ2v) is 4.34. The lowest BCUT2D eigenvalue weighted by atomic mass is 10.1. The van der Waals surface area contributed by atoms with E-state index >= 15 is 0 Å². The number of ketones is 1. The van der Waals surface area contributed by atoms with Crippen molar-refractivity contribution in [2.45, 2.75) is 6.92 Å². The number of benzene rings is 2. The molecule has 2 heteroatoms. The van der Waals surface area contributed by atoms with Gasteiger partial charge in [0.25, 0.3) is 0 Å². The lowest BCUT2D eigenvalue weighted by Crippen LogP contribution is -1.94. The first kappa shape index (κ1) is 13.1. The Labute approximate surface area is 113 Å². The highest BCUT2D eigenvalue weighted by Gasteiger charge is 2.01. The van der Waals surface area contributed by atoms with Gasteiger partial charge in [0, 0.05) is 5.56 Å². The van der Waals surface area contributed by atoms with Crippen LogP contribution in [-0.2, 0) is 0 Å². The van der Waals surface area contributed by atoms with Crippen molar-refractivity contribution in [1.29, 1.82) is 0 Å². The molecule has 0 bridgehead atoms. The first-order valence-electron chi connectivity index (χ1n) is 6.12. The molecule has 0 aromatic heterocycles. The number of ether oxygens (including phenoxy) is 1. The predicted octanol–water partition coefficient (Wildman–Crippen LogP) is 3.90. The molecule has 0 radical (unpaired) electrons. The minimum absolute atomic E-state index is 0.0109. The fourth-order valence-electron chi connectivity index (χ4n) is 1.70. The minimum Gasteiger partial charge on any atom is -0.497 e. The molecule has 0 saturated heterocycles. The van der Waals surface area contributed by atoms with Crippen molar-refractivity contribution >= 4 is 11.9 Å². The van der Waals surface area contributed by atoms with E-state index in [1.165, 1.54) is 5.56 Å². The lowest BCUT2D eigenvalue weighted by Gasteiger charge is -2.00. The van der Waals surface area contributed by atoms with Crippen LogP contribution in [0.25, 0.3) is 6.08 Å². The Morgan fingerprint density at radius 2 is 1.63 bits per heavy atom. The smallest absolute Gasteiger partial charge is 0.185 e. The summed E-state index contributed by atoms with van der Waals surface area (Å²) in [6.45, 7) is 2.04. The highest BCUT2D eigenvalue weighted by molar-refractivity contribution is 6.06. The van der Waals surface area contributed by atoms with Crippen molar-refractivity contribution in [2.75, 3.05) is 7.11 Å². The summed E-state index contributed by atoms with van der Waals surface area (Å²) in [5.74, 6) is 0.738. The van der Waals surface area contributed by atoms with Gasteiger partial charge in [0.1, 0.15) is 5.75 Å². The maximum atomic E-state index is 12.0. The third-order valence-electron chi connectivity index (χ3n) is 2.88. The van der Waals surface area contributed by atoms with E-state index in [4.69, 9.17) is 4.74 Å². The second kappa shape index (κ2) is 6.01. The van der Waals surface area contributed by atoms with Crippen LogP contribution >= 0.6 is 0 Å². The van der Waals surface area contributed by atoms with E-state index < -0.39 is 0 Å². The van der Waals surface area contributed by atoms with Crippen LogP contribution in [0.5, 0.6) is 5.75 Å². The van der Waals surface area contributed by atoms with Crippen LogP contribution in [0.2, 0.25) is 0 Å². The summed E-state index contributed by atoms with van der Waals surface area (Å²) in [5, 5.41) is 0. The Balaban J connectivity index is 2.09. The highest BCUT2D eigenvalue weighted by atomic mass is 16.5. The third kappa shape index (κ3) is 3.55. The summed E-state index contributed by atoms with van der Waals surface area (Å²) in [6.07, 6.45) is 3.42. The Hall–Kier alpha value is -2.35. The van der Waals surface area contributed by atoms with Crippen LogP contribution in [-0.4, -0.2) is 12.9 Å². The molecule has 0 saturated carbocycles. The van der Waals surface area contributed by atoms with Crippen molar-refractivity contribution in [2.24, 2.45) is 0 Å². The summed E-state index contributed by atoms with van der Waals surface area (Å²) in [4.78, 5) is 12.0. The van der Waals surface area contributed by atoms with Gasteiger partial charge in [-0.1, -0.05) is 35.9 Å². The van der Waals surface area contributed by atoms with Gasteiger partial charge in [0.05, 0.1) is 7.11 Å². The van der Waals surface area contributed by atoms with Crippen molar-refractivity contribution in [1.82, 2.24) is 0 Å². The second-order valence-electron chi connectivity index (χ2n) is 4.34. The predicted molar refractivity (Wildman–Crippen MR) is 77.5 cm³/mol. The Morgan fingerprint density at radius 3 is 2.21 bits per heavy atom. The number of rotatable bonds is 4. The maximum Gasteiger partial charge on any atom is 0.185 e. The van der Waals surface area contributed by atoms with Crippen LogP contribution in [0, 0.1) is 6.92 Å². The molecular weight excluding hydrogens is 236 g/mol. The summed E-state index contributed by atoms with van der Waals surface area (Å²) < 4.78 is 5.06. The van der Waals surface area contributed by atoms with Crippen LogP contribution in [0.1, 0.15) is 21.5 Å². The Kier molecular flexibility index (Phi) is 4.14. The van der Waals surface area contributed by atoms with E-state index in [1.54, 1.807) is 37.5 Å². The van der Waals surface area contributed by atoms with Crippen molar-refractivity contribution < 1.29 is 9.53 Å². The van der Waals surface area contributed by atoms with Gasteiger partial charge in [0.2, 0.25) is 0 Å². The maximum absolute atomic E-state index is 12.0. The SMILES string of the molecule is COc1ccc(C(=O)/C=C/c2ccc(C)cc2)cc1. The zero-order valence-electron chi connectivity index (χ0n) is 11.1. The highest BCUT2D eigenvalue weighted by Crippen LogP contribution is 2.13. The average Bonchev–Trinajstić information content (AvgIpc) is 2.46. The van der Waals surface area contributed by atoms with Gasteiger partial charge >= 0.3 is 0 Å². The number of methoxy groups -OCH3 is 1. The quantitative estimate of drug-likeness (QED) is 0.609. The van der Waals surface area contributed by atoms with Crippen LogP contribution in [0.15, 0.2) is 54.6 Å². The topological polar surface area (TPSA) is 26.3 Å². The number of carbonyl (C=O) groups is 1. The zero-order chi connectivity index (χ0) is 13.7. The van der Waals surface area contributed by atoms with Crippen LogP contribution in [0.3, 0.4) is 0 Å². The molecule has 0 fully saturated rings. The molecule has 2 rings (SSSR count). The van der Waals surface area contributed by atoms with E-state index in [2.05, 4.69) is 0 Å². The van der Waals surface area contributed by atoms with Gasteiger partial charge in [-0.2, -0.15) is 0 Å². The first-order chi connectivity index (χ1) is 9.19. The number of allylic oxidation sites excluding steroid dienone is 1. The molecule has 0 spiro atoms. The number of hydrogen-bond donors (Lipinski definition) is 0. The third-order valence-corrected chi connectivity index (χ3v) is 2.88. The molecular formula is C17H16O2. The molecule has 0 aliphatic carbocycles. The fourth-order valence-corrected chi connectivity index (χ4v) is 1.70. The van der Waals surface area contributed by atoms with E-state index in [9.17, 15) is 4.79 Å². The van der Waals surface area contributed by atoms with Gasteiger partial charge in [-0.15, -0.1) is 0 Å². The average molecular weight is 252 g/mol. The molecule has 2 aromatic rings. The molecule has 19 heavy (non-hydrogen) atoms. The first-order valence-corrected chi connectivity index (χ1v) is 6.12. The Bertz CT molecular complexity index is 578. The number of carbonyl (C=O) groups excluding carboxylic acids is 1. The summed E-state index contributed by atoms with van der Waals surface area (Å²) in [5.41, 5.74) is 2.88. The van der Waals surface area contributed by atoms with E-state index in [1.807, 2.05) is 37.3 Å². The molecule has 2 aromatic carbocycles. The Morgan fingerprint density at radius 1 is 1.00 bits per heavy atom. The van der Waals surface area contributed by atoms with Gasteiger partial charge in [0.15, 0.2) is 5.78 Å². The van der Waals surface area contributed by atoms with E-state index in [0.29, 0.717) is 5.56 Å². The molecule has 0 aliphatic heterocycles. The van der Waals surface area contributed by atoms with E-state index in [-0.39, 0.29) is 5.78 Å².